The average Bonchev–Trinajstić information content (AvgIpc) is 2.19. The summed E-state index contributed by atoms with van der Waals surface area (Å²) in [5.41, 5.74) is 1.10. The van der Waals surface area contributed by atoms with Crippen LogP contribution in [0.2, 0.25) is 0 Å². The van der Waals surface area contributed by atoms with E-state index < -0.39 is 0 Å². The molecule has 0 amide bonds. The molecule has 0 radical (unpaired) electrons. The van der Waals surface area contributed by atoms with Gasteiger partial charge in [-0.2, -0.15) is 5.26 Å². The third-order valence-corrected chi connectivity index (χ3v) is 2.14. The summed E-state index contributed by atoms with van der Waals surface area (Å²) in [5, 5.41) is 8.62. The molecule has 2 heteroatoms. The van der Waals surface area contributed by atoms with Crippen LogP contribution in [0.4, 0.5) is 0 Å². The van der Waals surface area contributed by atoms with E-state index >= 15 is 0 Å². The van der Waals surface area contributed by atoms with Crippen LogP contribution in [0, 0.1) is 11.3 Å². The van der Waals surface area contributed by atoms with Gasteiger partial charge in [-0.05, 0) is 12.1 Å². The highest BCUT2D eigenvalue weighted by Gasteiger charge is 2.15. The monoisotopic (exact) mass is 171 g/mol. The van der Waals surface area contributed by atoms with Crippen molar-refractivity contribution >= 4 is 0 Å². The molecule has 0 spiro atoms. The van der Waals surface area contributed by atoms with E-state index in [0.717, 1.165) is 11.3 Å². The molecule has 64 valence electrons. The van der Waals surface area contributed by atoms with E-state index in [9.17, 15) is 0 Å². The van der Waals surface area contributed by atoms with Gasteiger partial charge in [-0.3, -0.25) is 0 Å². The number of nitrogens with zero attached hydrogens (tertiary/aromatic N) is 1. The minimum absolute atomic E-state index is 0.190. The fraction of sp³-hybridized carbons (Fsp3) is 0.182. The van der Waals surface area contributed by atoms with Crippen molar-refractivity contribution in [3.05, 3.63) is 42.2 Å². The Labute approximate surface area is 77.1 Å². The average molecular weight is 171 g/mol. The molecule has 0 aromatic heterocycles. The summed E-state index contributed by atoms with van der Waals surface area (Å²) in [7, 11) is 0. The third kappa shape index (κ3) is 1.41. The summed E-state index contributed by atoms with van der Waals surface area (Å²) in [6.07, 6.45) is 4.09. The Balaban J connectivity index is 2.37. The van der Waals surface area contributed by atoms with Crippen LogP contribution in [0.5, 0.6) is 5.75 Å². The molecular weight excluding hydrogens is 162 g/mol. The van der Waals surface area contributed by atoms with Crippen molar-refractivity contribution in [1.82, 2.24) is 0 Å². The van der Waals surface area contributed by atoms with Gasteiger partial charge in [-0.15, -0.1) is 0 Å². The summed E-state index contributed by atoms with van der Waals surface area (Å²) >= 11 is 0. The lowest BCUT2D eigenvalue weighted by Gasteiger charge is -2.17. The van der Waals surface area contributed by atoms with Crippen molar-refractivity contribution in [2.45, 2.75) is 12.3 Å². The zero-order valence-electron chi connectivity index (χ0n) is 7.10. The highest BCUT2D eigenvalue weighted by molar-refractivity contribution is 5.41. The molecule has 1 unspecified atom stereocenters. The maximum atomic E-state index is 8.62. The van der Waals surface area contributed by atoms with Gasteiger partial charge in [-0.1, -0.05) is 18.2 Å². The number of rotatable bonds is 1. The molecule has 1 atom stereocenters. The zero-order chi connectivity index (χ0) is 9.10. The normalized spacial score (nSPS) is 18.5. The van der Waals surface area contributed by atoms with Gasteiger partial charge in [0.15, 0.2) is 0 Å². The van der Waals surface area contributed by atoms with Gasteiger partial charge in [0.2, 0.25) is 0 Å². The van der Waals surface area contributed by atoms with Crippen molar-refractivity contribution in [3.63, 3.8) is 0 Å². The van der Waals surface area contributed by atoms with E-state index in [2.05, 4.69) is 6.07 Å². The van der Waals surface area contributed by atoms with Gasteiger partial charge in [0.25, 0.3) is 0 Å². The van der Waals surface area contributed by atoms with Crippen molar-refractivity contribution in [2.75, 3.05) is 0 Å². The summed E-state index contributed by atoms with van der Waals surface area (Å²) in [5.74, 6) is 1.06. The summed E-state index contributed by atoms with van der Waals surface area (Å²) < 4.78 is 5.31. The molecule has 1 heterocycles. The number of nitriles is 1. The van der Waals surface area contributed by atoms with Gasteiger partial charge in [0, 0.05) is 17.9 Å². The van der Waals surface area contributed by atoms with Crippen LogP contribution in [0.25, 0.3) is 0 Å². The molecule has 1 aromatic carbocycles. The molecule has 0 aliphatic carbocycles. The second kappa shape index (κ2) is 3.32. The second-order valence-electron chi connectivity index (χ2n) is 2.95. The molecule has 1 aliphatic rings. The van der Waals surface area contributed by atoms with Crippen molar-refractivity contribution < 1.29 is 4.74 Å². The van der Waals surface area contributed by atoms with Crippen molar-refractivity contribution in [3.8, 4) is 11.8 Å². The highest BCUT2D eigenvalue weighted by atomic mass is 16.5. The van der Waals surface area contributed by atoms with E-state index in [4.69, 9.17) is 10.00 Å². The lowest BCUT2D eigenvalue weighted by molar-refractivity contribution is 0.454. The number of allylic oxidation sites excluding steroid dienone is 1. The van der Waals surface area contributed by atoms with Gasteiger partial charge in [0.1, 0.15) is 5.75 Å². The van der Waals surface area contributed by atoms with Crippen LogP contribution in [-0.2, 0) is 0 Å². The minimum Gasteiger partial charge on any atom is -0.465 e. The molecular formula is C11H9NO. The van der Waals surface area contributed by atoms with Crippen LogP contribution >= 0.6 is 0 Å². The minimum atomic E-state index is 0.190. The number of hydrogen-bond donors (Lipinski definition) is 0. The molecule has 0 fully saturated rings. The fourth-order valence-corrected chi connectivity index (χ4v) is 1.48. The third-order valence-electron chi connectivity index (χ3n) is 2.14. The number of fused-ring (bicyclic) bond motifs is 1. The first-order chi connectivity index (χ1) is 6.42. The Morgan fingerprint density at radius 2 is 2.23 bits per heavy atom. The zero-order valence-corrected chi connectivity index (χ0v) is 7.10. The molecule has 0 saturated carbocycles. The van der Waals surface area contributed by atoms with Crippen LogP contribution in [-0.4, -0.2) is 0 Å². The second-order valence-corrected chi connectivity index (χ2v) is 2.95. The van der Waals surface area contributed by atoms with E-state index in [0.29, 0.717) is 6.42 Å². The number of ether oxygens (including phenoxy) is 1. The van der Waals surface area contributed by atoms with Gasteiger partial charge in [-0.25, -0.2) is 0 Å². The molecule has 1 aliphatic heterocycles. The quantitative estimate of drug-likeness (QED) is 0.650. The Bertz CT molecular complexity index is 376. The first kappa shape index (κ1) is 7.88. The predicted octanol–water partition coefficient (Wildman–Crippen LogP) is 2.59. The van der Waals surface area contributed by atoms with E-state index in [1.807, 2.05) is 30.3 Å². The molecule has 2 nitrogen and oxygen atoms in total. The summed E-state index contributed by atoms with van der Waals surface area (Å²) in [4.78, 5) is 0. The Morgan fingerprint density at radius 1 is 1.38 bits per heavy atom. The smallest absolute Gasteiger partial charge is 0.130 e. The lowest BCUT2D eigenvalue weighted by Crippen LogP contribution is -2.02. The Kier molecular flexibility index (Phi) is 2.01. The standard InChI is InChI=1S/C11H9NO/c12-7-5-9-6-8-13-11-4-2-1-3-10(9)11/h1-4,6,8-9H,5H2. The lowest BCUT2D eigenvalue weighted by atomic mass is 9.94. The van der Waals surface area contributed by atoms with Crippen LogP contribution in [0.15, 0.2) is 36.6 Å². The topological polar surface area (TPSA) is 33.0 Å². The van der Waals surface area contributed by atoms with Gasteiger partial charge in [0.05, 0.1) is 12.3 Å². The molecule has 0 N–H and O–H groups in total. The molecule has 0 bridgehead atoms. The fourth-order valence-electron chi connectivity index (χ4n) is 1.48. The first-order valence-electron chi connectivity index (χ1n) is 4.21. The number of para-hydroxylation sites is 1. The SMILES string of the molecule is N#CCC1C=COc2ccccc21. The summed E-state index contributed by atoms with van der Waals surface area (Å²) in [6, 6.07) is 9.99. The van der Waals surface area contributed by atoms with E-state index in [-0.39, 0.29) is 5.92 Å². The Hall–Kier alpha value is -1.75. The largest absolute Gasteiger partial charge is 0.465 e. The van der Waals surface area contributed by atoms with Gasteiger partial charge >= 0.3 is 0 Å². The van der Waals surface area contributed by atoms with Crippen LogP contribution in [0.3, 0.4) is 0 Å². The molecule has 0 saturated heterocycles. The Morgan fingerprint density at radius 3 is 3.08 bits per heavy atom. The molecule has 1 aromatic rings. The van der Waals surface area contributed by atoms with Crippen molar-refractivity contribution in [1.29, 1.82) is 5.26 Å². The van der Waals surface area contributed by atoms with E-state index in [1.54, 1.807) is 6.26 Å². The number of hydrogen-bond acceptors (Lipinski definition) is 2. The summed E-state index contributed by atoms with van der Waals surface area (Å²) in [6.45, 7) is 0. The van der Waals surface area contributed by atoms with Crippen LogP contribution in [0.1, 0.15) is 17.9 Å². The van der Waals surface area contributed by atoms with Gasteiger partial charge < -0.3 is 4.74 Å². The molecule has 2 rings (SSSR count). The van der Waals surface area contributed by atoms with Crippen LogP contribution < -0.4 is 4.74 Å². The maximum absolute atomic E-state index is 8.62. The molecule has 13 heavy (non-hydrogen) atoms. The number of benzene rings is 1. The van der Waals surface area contributed by atoms with Crippen molar-refractivity contribution in [2.24, 2.45) is 0 Å². The predicted molar refractivity (Wildman–Crippen MR) is 49.2 cm³/mol. The first-order valence-corrected chi connectivity index (χ1v) is 4.21. The van der Waals surface area contributed by atoms with E-state index in [1.165, 1.54) is 0 Å². The highest BCUT2D eigenvalue weighted by Crippen LogP contribution is 2.32. The maximum Gasteiger partial charge on any atom is 0.130 e.